The van der Waals surface area contributed by atoms with E-state index in [1.54, 1.807) is 6.07 Å². The smallest absolute Gasteiger partial charge is 0.269 e. The highest BCUT2D eigenvalue weighted by Crippen LogP contribution is 2.33. The van der Waals surface area contributed by atoms with Gasteiger partial charge in [-0.25, -0.2) is 12.8 Å². The highest BCUT2D eigenvalue weighted by Gasteiger charge is 2.30. The molecule has 9 nitrogen and oxygen atoms in total. The Balaban J connectivity index is 1.08. The van der Waals surface area contributed by atoms with Crippen molar-refractivity contribution in [3.8, 4) is 0 Å². The number of halogens is 1. The maximum absolute atomic E-state index is 13.4. The second-order valence-corrected chi connectivity index (χ2v) is 11.6. The molecule has 0 unspecified atom stereocenters. The van der Waals surface area contributed by atoms with Gasteiger partial charge in [-0.2, -0.15) is 4.31 Å². The largest absolute Gasteiger partial charge is 0.356 e. The van der Waals surface area contributed by atoms with Crippen molar-refractivity contribution in [2.45, 2.75) is 42.9 Å². The van der Waals surface area contributed by atoms with Gasteiger partial charge in [0.25, 0.3) is 5.69 Å². The number of piperidine rings is 2. The van der Waals surface area contributed by atoms with Crippen LogP contribution in [0.5, 0.6) is 0 Å². The summed E-state index contributed by atoms with van der Waals surface area (Å²) in [6.07, 6.45) is 4.60. The Morgan fingerprint density at radius 3 is 2.39 bits per heavy atom. The Bertz CT molecular complexity index is 1330. The molecule has 0 bridgehead atoms. The van der Waals surface area contributed by atoms with Gasteiger partial charge in [-0.15, -0.1) is 0 Å². The Morgan fingerprint density at radius 2 is 1.72 bits per heavy atom. The van der Waals surface area contributed by atoms with Crippen LogP contribution in [0.2, 0.25) is 0 Å². The number of sulfonamides is 1. The molecule has 0 atom stereocenters. The Hall–Kier alpha value is -2.89. The number of likely N-dealkylation sites (tertiary alicyclic amines) is 1. The van der Waals surface area contributed by atoms with Crippen LogP contribution in [0.1, 0.15) is 43.7 Å². The van der Waals surface area contributed by atoms with Crippen molar-refractivity contribution in [3.63, 3.8) is 0 Å². The number of hydrogen-bond donors (Lipinski definition) is 0. The van der Waals surface area contributed by atoms with Gasteiger partial charge in [0.1, 0.15) is 5.82 Å². The lowest BCUT2D eigenvalue weighted by molar-refractivity contribution is -0.384. The number of nitro benzene ring substituents is 1. The summed E-state index contributed by atoms with van der Waals surface area (Å²) in [6.45, 7) is 3.84. The van der Waals surface area contributed by atoms with Crippen molar-refractivity contribution >= 4 is 26.7 Å². The fraction of sp³-hybridized carbons (Fsp3) is 0.480. The summed E-state index contributed by atoms with van der Waals surface area (Å²) in [6, 6.07) is 9.65. The summed E-state index contributed by atoms with van der Waals surface area (Å²) >= 11 is 0. The van der Waals surface area contributed by atoms with Crippen LogP contribution >= 0.6 is 0 Å². The van der Waals surface area contributed by atoms with Gasteiger partial charge in [0, 0.05) is 42.6 Å². The van der Waals surface area contributed by atoms with Crippen LogP contribution in [0.25, 0.3) is 11.0 Å². The lowest BCUT2D eigenvalue weighted by Crippen LogP contribution is -2.40. The number of rotatable bonds is 7. The number of fused-ring (bicyclic) bond motifs is 1. The summed E-state index contributed by atoms with van der Waals surface area (Å²) in [5.41, 5.74) is 1.29. The first-order chi connectivity index (χ1) is 17.3. The third-order valence-electron chi connectivity index (χ3n) is 7.55. The Labute approximate surface area is 209 Å². The van der Waals surface area contributed by atoms with E-state index in [2.05, 4.69) is 10.1 Å². The molecular formula is C25H29FN4O5S. The molecule has 0 saturated carbocycles. The van der Waals surface area contributed by atoms with Gasteiger partial charge < -0.3 is 9.42 Å². The van der Waals surface area contributed by atoms with E-state index in [0.717, 1.165) is 62.8 Å². The first-order valence-electron chi connectivity index (χ1n) is 12.3. The van der Waals surface area contributed by atoms with Crippen LogP contribution in [-0.4, -0.2) is 60.4 Å². The molecule has 5 rings (SSSR count). The highest BCUT2D eigenvalue weighted by atomic mass is 32.2. The molecule has 3 aromatic rings. The first kappa shape index (κ1) is 24.8. The van der Waals surface area contributed by atoms with Crippen LogP contribution in [0.3, 0.4) is 0 Å². The molecule has 0 N–H and O–H groups in total. The van der Waals surface area contributed by atoms with Gasteiger partial charge in [-0.05, 0) is 81.9 Å². The summed E-state index contributed by atoms with van der Waals surface area (Å²) < 4.78 is 46.1. The summed E-state index contributed by atoms with van der Waals surface area (Å²) in [5.74, 6) is 0.455. The molecule has 0 amide bonds. The van der Waals surface area contributed by atoms with Gasteiger partial charge >= 0.3 is 0 Å². The molecule has 0 radical (unpaired) electrons. The van der Waals surface area contributed by atoms with Crippen LogP contribution in [-0.2, 0) is 10.0 Å². The fourth-order valence-corrected chi connectivity index (χ4v) is 6.82. The molecule has 3 heterocycles. The summed E-state index contributed by atoms with van der Waals surface area (Å²) in [7, 11) is -3.64. The molecule has 2 aliphatic rings. The number of aromatic nitrogens is 1. The number of benzene rings is 2. The average molecular weight is 517 g/mol. The third kappa shape index (κ3) is 5.14. The minimum absolute atomic E-state index is 0.0967. The predicted molar refractivity (Wildman–Crippen MR) is 132 cm³/mol. The van der Waals surface area contributed by atoms with Crippen molar-refractivity contribution in [1.29, 1.82) is 0 Å². The van der Waals surface area contributed by atoms with E-state index in [1.807, 2.05) is 0 Å². The van der Waals surface area contributed by atoms with E-state index < -0.39 is 14.9 Å². The molecule has 36 heavy (non-hydrogen) atoms. The fourth-order valence-electron chi connectivity index (χ4n) is 5.35. The molecule has 2 fully saturated rings. The van der Waals surface area contributed by atoms with Gasteiger partial charge in [0.05, 0.1) is 15.5 Å². The van der Waals surface area contributed by atoms with Gasteiger partial charge in [0.2, 0.25) is 10.0 Å². The Morgan fingerprint density at radius 1 is 1.03 bits per heavy atom. The van der Waals surface area contributed by atoms with E-state index in [0.29, 0.717) is 30.5 Å². The van der Waals surface area contributed by atoms with E-state index in [4.69, 9.17) is 4.52 Å². The lowest BCUT2D eigenvalue weighted by Gasteiger charge is -2.34. The topological polar surface area (TPSA) is 110 Å². The van der Waals surface area contributed by atoms with E-state index >= 15 is 0 Å². The monoisotopic (exact) mass is 516 g/mol. The van der Waals surface area contributed by atoms with Gasteiger partial charge in [0.15, 0.2) is 5.58 Å². The van der Waals surface area contributed by atoms with Crippen molar-refractivity contribution in [2.24, 2.45) is 5.92 Å². The standard InChI is InChI=1S/C25H29FN4O5S/c26-20-1-6-23-24(17-20)35-27-25(23)19-10-13-28(14-11-19)12-7-18-8-15-29(16-9-18)36(33,34)22-4-2-21(3-5-22)30(31)32/h1-6,17-19H,7-16H2. The number of nitro groups is 1. The van der Waals surface area contributed by atoms with Crippen molar-refractivity contribution in [1.82, 2.24) is 14.4 Å². The molecule has 1 aromatic heterocycles. The molecule has 0 spiro atoms. The number of non-ortho nitro benzene ring substituents is 1. The minimum atomic E-state index is -3.64. The minimum Gasteiger partial charge on any atom is -0.356 e. The predicted octanol–water partition coefficient (Wildman–Crippen LogP) is 4.55. The van der Waals surface area contributed by atoms with Crippen LogP contribution in [0.4, 0.5) is 10.1 Å². The quantitative estimate of drug-likeness (QED) is 0.335. The maximum Gasteiger partial charge on any atom is 0.269 e. The zero-order valence-electron chi connectivity index (χ0n) is 19.9. The number of nitrogens with zero attached hydrogens (tertiary/aromatic N) is 4. The SMILES string of the molecule is O=[N+]([O-])c1ccc(S(=O)(=O)N2CCC(CCN3CCC(c4noc5cc(F)ccc45)CC3)CC2)cc1. The highest BCUT2D eigenvalue weighted by molar-refractivity contribution is 7.89. The van der Waals surface area contributed by atoms with Crippen LogP contribution < -0.4 is 0 Å². The van der Waals surface area contributed by atoms with Crippen molar-refractivity contribution < 1.29 is 22.3 Å². The maximum atomic E-state index is 13.4. The third-order valence-corrected chi connectivity index (χ3v) is 9.46. The van der Waals surface area contributed by atoms with Crippen LogP contribution in [0, 0.1) is 21.8 Å². The van der Waals surface area contributed by atoms with E-state index in [9.17, 15) is 22.9 Å². The molecule has 0 aliphatic carbocycles. The summed E-state index contributed by atoms with van der Waals surface area (Å²) in [4.78, 5) is 12.8. The zero-order valence-corrected chi connectivity index (χ0v) is 20.7. The van der Waals surface area contributed by atoms with Gasteiger partial charge in [-0.1, -0.05) is 5.16 Å². The van der Waals surface area contributed by atoms with Gasteiger partial charge in [-0.3, -0.25) is 10.1 Å². The van der Waals surface area contributed by atoms with Crippen molar-refractivity contribution in [2.75, 3.05) is 32.7 Å². The molecule has 2 saturated heterocycles. The number of hydrogen-bond acceptors (Lipinski definition) is 7. The van der Waals surface area contributed by atoms with E-state index in [-0.39, 0.29) is 16.4 Å². The zero-order chi connectivity index (χ0) is 25.3. The summed E-state index contributed by atoms with van der Waals surface area (Å²) in [5, 5.41) is 15.9. The normalized spacial score (nSPS) is 19.1. The molecule has 192 valence electrons. The van der Waals surface area contributed by atoms with Crippen molar-refractivity contribution in [3.05, 3.63) is 64.1 Å². The first-order valence-corrected chi connectivity index (χ1v) is 13.8. The molecule has 2 aliphatic heterocycles. The molecule has 11 heteroatoms. The second-order valence-electron chi connectivity index (χ2n) is 9.71. The Kier molecular flexibility index (Phi) is 7.05. The van der Waals surface area contributed by atoms with Crippen LogP contribution in [0.15, 0.2) is 51.9 Å². The molecule has 2 aromatic carbocycles. The average Bonchev–Trinajstić information content (AvgIpc) is 3.31. The molecular weight excluding hydrogens is 487 g/mol. The lowest BCUT2D eigenvalue weighted by atomic mass is 9.90. The second kappa shape index (κ2) is 10.2. The van der Waals surface area contributed by atoms with E-state index in [1.165, 1.54) is 40.7 Å².